The molecule has 0 aliphatic rings. The molecular weight excluding hydrogens is 244 g/mol. The number of amides is 1. The fraction of sp³-hybridized carbons (Fsp3) is 0.308. The second-order valence-electron chi connectivity index (χ2n) is 4.00. The highest BCUT2D eigenvalue weighted by molar-refractivity contribution is 5.92. The van der Waals surface area contributed by atoms with Crippen molar-refractivity contribution in [2.45, 2.75) is 19.9 Å². The van der Waals surface area contributed by atoms with Crippen molar-refractivity contribution in [2.75, 3.05) is 11.9 Å². The van der Waals surface area contributed by atoms with Crippen LogP contribution in [0.25, 0.3) is 0 Å². The van der Waals surface area contributed by atoms with E-state index in [2.05, 4.69) is 27.7 Å². The number of rotatable bonds is 6. The fourth-order valence-corrected chi connectivity index (χ4v) is 1.50. The predicted molar refractivity (Wildman–Crippen MR) is 70.7 cm³/mol. The van der Waals surface area contributed by atoms with Gasteiger partial charge in [0.25, 0.3) is 5.91 Å². The molecule has 0 spiro atoms. The zero-order valence-electron chi connectivity index (χ0n) is 10.7. The van der Waals surface area contributed by atoms with Crippen LogP contribution in [0.3, 0.4) is 0 Å². The molecule has 6 nitrogen and oxygen atoms in total. The topological polar surface area (TPSA) is 80.0 Å². The molecule has 0 aromatic carbocycles. The SMILES string of the molecule is CCCNc1cccc(C(=O)NCc2ccno2)n1. The normalized spacial score (nSPS) is 10.2. The van der Waals surface area contributed by atoms with Gasteiger partial charge in [0, 0.05) is 12.6 Å². The Morgan fingerprint density at radius 3 is 3.00 bits per heavy atom. The lowest BCUT2D eigenvalue weighted by Crippen LogP contribution is -2.23. The molecule has 0 aliphatic carbocycles. The number of hydrogen-bond acceptors (Lipinski definition) is 5. The minimum Gasteiger partial charge on any atom is -0.370 e. The second kappa shape index (κ2) is 6.53. The molecule has 2 rings (SSSR count). The van der Waals surface area contributed by atoms with Crippen LogP contribution in [0, 0.1) is 0 Å². The molecule has 0 saturated heterocycles. The Hall–Kier alpha value is -2.37. The zero-order valence-corrected chi connectivity index (χ0v) is 10.7. The van der Waals surface area contributed by atoms with E-state index in [0.29, 0.717) is 23.8 Å². The van der Waals surface area contributed by atoms with Gasteiger partial charge in [0.05, 0.1) is 12.7 Å². The van der Waals surface area contributed by atoms with E-state index in [4.69, 9.17) is 4.52 Å². The number of pyridine rings is 1. The van der Waals surface area contributed by atoms with Crippen LogP contribution in [-0.2, 0) is 6.54 Å². The van der Waals surface area contributed by atoms with Crippen LogP contribution in [0.2, 0.25) is 0 Å². The molecule has 2 aromatic heterocycles. The Bertz CT molecular complexity index is 525. The Morgan fingerprint density at radius 2 is 2.26 bits per heavy atom. The van der Waals surface area contributed by atoms with E-state index in [1.807, 2.05) is 6.07 Å². The first-order valence-electron chi connectivity index (χ1n) is 6.18. The molecule has 19 heavy (non-hydrogen) atoms. The van der Waals surface area contributed by atoms with E-state index in [0.717, 1.165) is 13.0 Å². The maximum atomic E-state index is 11.9. The molecule has 0 unspecified atom stereocenters. The maximum Gasteiger partial charge on any atom is 0.270 e. The number of carbonyl (C=O) groups excluding carboxylic acids is 1. The van der Waals surface area contributed by atoms with Crippen LogP contribution in [0.4, 0.5) is 5.82 Å². The molecule has 100 valence electrons. The summed E-state index contributed by atoms with van der Waals surface area (Å²) in [5.74, 6) is 1.07. The van der Waals surface area contributed by atoms with Crippen molar-refractivity contribution in [1.29, 1.82) is 0 Å². The monoisotopic (exact) mass is 260 g/mol. The number of hydrogen-bond donors (Lipinski definition) is 2. The molecule has 1 amide bonds. The molecule has 0 atom stereocenters. The number of carbonyl (C=O) groups is 1. The molecule has 2 heterocycles. The highest BCUT2D eigenvalue weighted by atomic mass is 16.5. The third kappa shape index (κ3) is 3.80. The van der Waals surface area contributed by atoms with E-state index in [-0.39, 0.29) is 5.91 Å². The summed E-state index contributed by atoms with van der Waals surface area (Å²) in [7, 11) is 0. The van der Waals surface area contributed by atoms with Gasteiger partial charge in [-0.2, -0.15) is 0 Å². The van der Waals surface area contributed by atoms with Gasteiger partial charge in [-0.05, 0) is 18.6 Å². The molecule has 0 saturated carbocycles. The quantitative estimate of drug-likeness (QED) is 0.828. The number of nitrogens with zero attached hydrogens (tertiary/aromatic N) is 2. The standard InChI is InChI=1S/C13H16N4O2/c1-2-7-14-12-5-3-4-11(17-12)13(18)15-9-10-6-8-16-19-10/h3-6,8H,2,7,9H2,1H3,(H,14,17)(H,15,18). The van der Waals surface area contributed by atoms with Crippen molar-refractivity contribution in [1.82, 2.24) is 15.5 Å². The highest BCUT2D eigenvalue weighted by Gasteiger charge is 2.08. The lowest BCUT2D eigenvalue weighted by atomic mass is 10.3. The smallest absolute Gasteiger partial charge is 0.270 e. The van der Waals surface area contributed by atoms with E-state index in [1.54, 1.807) is 18.2 Å². The first-order chi connectivity index (χ1) is 9.29. The van der Waals surface area contributed by atoms with Crippen molar-refractivity contribution in [3.05, 3.63) is 41.9 Å². The van der Waals surface area contributed by atoms with Crippen LogP contribution in [0.5, 0.6) is 0 Å². The van der Waals surface area contributed by atoms with Gasteiger partial charge in [-0.15, -0.1) is 0 Å². The average molecular weight is 260 g/mol. The van der Waals surface area contributed by atoms with Gasteiger partial charge in [-0.25, -0.2) is 4.98 Å². The van der Waals surface area contributed by atoms with E-state index in [9.17, 15) is 4.79 Å². The van der Waals surface area contributed by atoms with Gasteiger partial charge >= 0.3 is 0 Å². The van der Waals surface area contributed by atoms with Crippen LogP contribution in [0.15, 0.2) is 35.0 Å². The van der Waals surface area contributed by atoms with E-state index in [1.165, 1.54) is 6.20 Å². The summed E-state index contributed by atoms with van der Waals surface area (Å²) in [4.78, 5) is 16.1. The summed E-state index contributed by atoms with van der Waals surface area (Å²) >= 11 is 0. The first-order valence-corrected chi connectivity index (χ1v) is 6.18. The minimum atomic E-state index is -0.239. The Labute approximate surface area is 111 Å². The lowest BCUT2D eigenvalue weighted by Gasteiger charge is -2.06. The van der Waals surface area contributed by atoms with Gasteiger partial charge in [0.15, 0.2) is 5.76 Å². The first kappa shape index (κ1) is 13.1. The summed E-state index contributed by atoms with van der Waals surface area (Å²) < 4.78 is 4.90. The molecule has 0 radical (unpaired) electrons. The molecule has 0 bridgehead atoms. The Balaban J connectivity index is 1.94. The summed E-state index contributed by atoms with van der Waals surface area (Å²) in [6.45, 7) is 3.20. The van der Waals surface area contributed by atoms with E-state index >= 15 is 0 Å². The van der Waals surface area contributed by atoms with Crippen LogP contribution >= 0.6 is 0 Å². The largest absolute Gasteiger partial charge is 0.370 e. The molecule has 2 aromatic rings. The highest BCUT2D eigenvalue weighted by Crippen LogP contribution is 2.05. The van der Waals surface area contributed by atoms with Crippen molar-refractivity contribution < 1.29 is 9.32 Å². The Morgan fingerprint density at radius 1 is 1.37 bits per heavy atom. The van der Waals surface area contributed by atoms with Crippen molar-refractivity contribution in [3.63, 3.8) is 0 Å². The summed E-state index contributed by atoms with van der Waals surface area (Å²) in [5, 5.41) is 9.43. The second-order valence-corrected chi connectivity index (χ2v) is 4.00. The molecule has 0 aliphatic heterocycles. The maximum absolute atomic E-state index is 11.9. The van der Waals surface area contributed by atoms with Gasteiger partial charge in [0.1, 0.15) is 11.5 Å². The lowest BCUT2D eigenvalue weighted by molar-refractivity contribution is 0.0942. The van der Waals surface area contributed by atoms with Gasteiger partial charge in [-0.1, -0.05) is 18.1 Å². The average Bonchev–Trinajstić information content (AvgIpc) is 2.96. The summed E-state index contributed by atoms with van der Waals surface area (Å²) in [5.41, 5.74) is 0.376. The van der Waals surface area contributed by atoms with Gasteiger partial charge in [0.2, 0.25) is 0 Å². The van der Waals surface area contributed by atoms with Crippen molar-refractivity contribution in [2.24, 2.45) is 0 Å². The van der Waals surface area contributed by atoms with Crippen LogP contribution < -0.4 is 10.6 Å². The third-order valence-corrected chi connectivity index (χ3v) is 2.45. The number of aromatic nitrogens is 2. The zero-order chi connectivity index (χ0) is 13.5. The van der Waals surface area contributed by atoms with Gasteiger partial charge in [-0.3, -0.25) is 4.79 Å². The molecule has 6 heteroatoms. The number of nitrogens with one attached hydrogen (secondary N) is 2. The fourth-order valence-electron chi connectivity index (χ4n) is 1.50. The third-order valence-electron chi connectivity index (χ3n) is 2.45. The van der Waals surface area contributed by atoms with Crippen LogP contribution in [-0.4, -0.2) is 22.6 Å². The molecular formula is C13H16N4O2. The van der Waals surface area contributed by atoms with Crippen LogP contribution in [0.1, 0.15) is 29.6 Å². The van der Waals surface area contributed by atoms with E-state index < -0.39 is 0 Å². The summed E-state index contributed by atoms with van der Waals surface area (Å²) in [6.07, 6.45) is 2.54. The van der Waals surface area contributed by atoms with Crippen molar-refractivity contribution >= 4 is 11.7 Å². The Kier molecular flexibility index (Phi) is 4.49. The molecule has 0 fully saturated rings. The summed E-state index contributed by atoms with van der Waals surface area (Å²) in [6, 6.07) is 7.01. The minimum absolute atomic E-state index is 0.239. The molecule has 2 N–H and O–H groups in total. The van der Waals surface area contributed by atoms with Gasteiger partial charge < -0.3 is 15.2 Å². The predicted octanol–water partition coefficient (Wildman–Crippen LogP) is 1.82. The van der Waals surface area contributed by atoms with Crippen molar-refractivity contribution in [3.8, 4) is 0 Å². The number of anilines is 1.